The van der Waals surface area contributed by atoms with Crippen LogP contribution in [0.25, 0.3) is 0 Å². The average Bonchev–Trinajstić information content (AvgIpc) is 2.97. The van der Waals surface area contributed by atoms with E-state index < -0.39 is 0 Å². The maximum Gasteiger partial charge on any atom is 0.160 e. The van der Waals surface area contributed by atoms with Gasteiger partial charge in [0.05, 0.1) is 29.6 Å². The number of aromatic hydroxyl groups is 1. The normalized spacial score (nSPS) is 16.0. The zero-order valence-electron chi connectivity index (χ0n) is 15.5. The number of nitrogens with zero attached hydrogens (tertiary/aromatic N) is 3. The zero-order valence-corrected chi connectivity index (χ0v) is 16.3. The van der Waals surface area contributed by atoms with Crippen LogP contribution in [0.15, 0.2) is 53.5 Å². The van der Waals surface area contributed by atoms with Crippen molar-refractivity contribution in [1.29, 1.82) is 0 Å². The number of phenolic OH excluding ortho intramolecular Hbond substituents is 1. The number of ether oxygens (including phenoxy) is 1. The fourth-order valence-electron chi connectivity index (χ4n) is 3.38. The highest BCUT2D eigenvalue weighted by molar-refractivity contribution is 8.14. The van der Waals surface area contributed by atoms with E-state index in [1.807, 2.05) is 42.8 Å². The molecule has 1 aliphatic rings. The van der Waals surface area contributed by atoms with E-state index in [1.54, 1.807) is 31.0 Å². The molecule has 0 saturated heterocycles. The first-order valence-corrected chi connectivity index (χ1v) is 9.65. The van der Waals surface area contributed by atoms with E-state index in [4.69, 9.17) is 14.8 Å². The van der Waals surface area contributed by atoms with E-state index in [2.05, 4.69) is 12.1 Å². The second-order valence-electron chi connectivity index (χ2n) is 6.53. The second-order valence-corrected chi connectivity index (χ2v) is 7.82. The Morgan fingerprint density at radius 2 is 1.93 bits per heavy atom. The Morgan fingerprint density at radius 3 is 2.63 bits per heavy atom. The van der Waals surface area contributed by atoms with Crippen LogP contribution in [-0.4, -0.2) is 27.0 Å². The van der Waals surface area contributed by atoms with Crippen LogP contribution in [0.2, 0.25) is 0 Å². The highest BCUT2D eigenvalue weighted by Gasteiger charge is 2.30. The van der Waals surface area contributed by atoms with Crippen molar-refractivity contribution in [3.05, 3.63) is 70.9 Å². The number of rotatable bonds is 4. The minimum atomic E-state index is 0.0406. The number of aromatic nitrogens is 2. The number of benzene rings is 2. The van der Waals surface area contributed by atoms with Gasteiger partial charge in [-0.15, -0.1) is 0 Å². The summed E-state index contributed by atoms with van der Waals surface area (Å²) in [7, 11) is 1.55. The number of methoxy groups -OCH3 is 1. The number of thioether (sulfide) groups is 1. The van der Waals surface area contributed by atoms with Crippen LogP contribution in [0.1, 0.15) is 34.6 Å². The summed E-state index contributed by atoms with van der Waals surface area (Å²) in [5.74, 6) is 1.52. The number of hydrogen-bond donors (Lipinski definition) is 1. The molecular formula is C21H21N3O2S. The molecule has 1 atom stereocenters. The van der Waals surface area contributed by atoms with Gasteiger partial charge in [-0.2, -0.15) is 5.10 Å². The van der Waals surface area contributed by atoms with Crippen molar-refractivity contribution in [2.75, 3.05) is 7.11 Å². The van der Waals surface area contributed by atoms with Crippen molar-refractivity contribution in [2.24, 2.45) is 4.99 Å². The molecule has 2 aromatic carbocycles. The molecule has 138 valence electrons. The predicted molar refractivity (Wildman–Crippen MR) is 109 cm³/mol. The molecule has 0 radical (unpaired) electrons. The molecule has 2 heterocycles. The maximum atomic E-state index is 10.2. The highest BCUT2D eigenvalue weighted by atomic mass is 32.2. The van der Waals surface area contributed by atoms with Crippen LogP contribution in [0.4, 0.5) is 5.82 Å². The highest BCUT2D eigenvalue weighted by Crippen LogP contribution is 2.48. The van der Waals surface area contributed by atoms with Gasteiger partial charge >= 0.3 is 0 Å². The molecule has 4 rings (SSSR count). The van der Waals surface area contributed by atoms with E-state index in [9.17, 15) is 5.11 Å². The Labute approximate surface area is 162 Å². The molecule has 0 fully saturated rings. The fourth-order valence-corrected chi connectivity index (χ4v) is 4.54. The van der Waals surface area contributed by atoms with Crippen LogP contribution >= 0.6 is 11.8 Å². The van der Waals surface area contributed by atoms with Gasteiger partial charge in [-0.05, 0) is 37.1 Å². The Hall–Kier alpha value is -2.73. The maximum absolute atomic E-state index is 10.2. The van der Waals surface area contributed by atoms with Gasteiger partial charge in [0.25, 0.3) is 0 Å². The predicted octanol–water partition coefficient (Wildman–Crippen LogP) is 4.84. The molecule has 1 aromatic heterocycles. The van der Waals surface area contributed by atoms with E-state index in [-0.39, 0.29) is 11.0 Å². The summed E-state index contributed by atoms with van der Waals surface area (Å²) < 4.78 is 7.15. The number of phenols is 1. The number of aliphatic imine (C=N–C) groups is 1. The van der Waals surface area contributed by atoms with Crippen molar-refractivity contribution in [1.82, 2.24) is 9.78 Å². The molecule has 0 amide bonds. The van der Waals surface area contributed by atoms with Crippen molar-refractivity contribution in [3.63, 3.8) is 0 Å². The average molecular weight is 379 g/mol. The Kier molecular flexibility index (Phi) is 4.66. The summed E-state index contributed by atoms with van der Waals surface area (Å²) in [4.78, 5) is 4.79. The lowest BCUT2D eigenvalue weighted by molar-refractivity contribution is 0.373. The van der Waals surface area contributed by atoms with Crippen molar-refractivity contribution >= 4 is 22.6 Å². The van der Waals surface area contributed by atoms with Crippen molar-refractivity contribution in [2.45, 2.75) is 25.6 Å². The first-order chi connectivity index (χ1) is 13.1. The lowest BCUT2D eigenvalue weighted by atomic mass is 10.0. The molecule has 1 aliphatic heterocycles. The first kappa shape index (κ1) is 17.7. The van der Waals surface area contributed by atoms with Crippen LogP contribution in [0, 0.1) is 6.92 Å². The van der Waals surface area contributed by atoms with Crippen LogP contribution in [0.3, 0.4) is 0 Å². The fraction of sp³-hybridized carbons (Fsp3) is 0.238. The number of hydrogen-bond acceptors (Lipinski definition) is 5. The van der Waals surface area contributed by atoms with Crippen molar-refractivity contribution in [3.8, 4) is 11.5 Å². The third-order valence-electron chi connectivity index (χ3n) is 4.64. The summed E-state index contributed by atoms with van der Waals surface area (Å²) >= 11 is 1.68. The Balaban J connectivity index is 1.77. The molecule has 0 saturated carbocycles. The number of aryl methyl sites for hydroxylation is 1. The minimum Gasteiger partial charge on any atom is -0.504 e. The second kappa shape index (κ2) is 7.12. The monoisotopic (exact) mass is 379 g/mol. The molecule has 0 unspecified atom stereocenters. The molecule has 27 heavy (non-hydrogen) atoms. The van der Waals surface area contributed by atoms with Gasteiger partial charge in [0.15, 0.2) is 17.3 Å². The van der Waals surface area contributed by atoms with Gasteiger partial charge in [-0.25, -0.2) is 9.67 Å². The first-order valence-electron chi connectivity index (χ1n) is 8.77. The van der Waals surface area contributed by atoms with E-state index in [0.29, 0.717) is 12.3 Å². The summed E-state index contributed by atoms with van der Waals surface area (Å²) in [6, 6.07) is 15.8. The molecule has 0 aliphatic carbocycles. The largest absolute Gasteiger partial charge is 0.504 e. The lowest BCUT2D eigenvalue weighted by Crippen LogP contribution is -2.07. The smallest absolute Gasteiger partial charge is 0.160 e. The third kappa shape index (κ3) is 3.32. The molecule has 1 N–H and O–H groups in total. The van der Waals surface area contributed by atoms with Crippen LogP contribution in [0.5, 0.6) is 11.5 Å². The molecule has 0 spiro atoms. The molecule has 0 bridgehead atoms. The molecular weight excluding hydrogens is 358 g/mol. The van der Waals surface area contributed by atoms with Gasteiger partial charge in [0.1, 0.15) is 0 Å². The SMILES string of the molecule is COc1ccc([C@H]2SC(C)=Nc3c2c(C)nn3Cc2ccccc2)cc1O. The third-order valence-corrected chi connectivity index (χ3v) is 5.82. The zero-order chi connectivity index (χ0) is 19.0. The van der Waals surface area contributed by atoms with Crippen molar-refractivity contribution < 1.29 is 9.84 Å². The van der Waals surface area contributed by atoms with Gasteiger partial charge < -0.3 is 9.84 Å². The van der Waals surface area contributed by atoms with Crippen LogP contribution in [-0.2, 0) is 6.54 Å². The van der Waals surface area contributed by atoms with Gasteiger partial charge in [0, 0.05) is 5.56 Å². The minimum absolute atomic E-state index is 0.0406. The molecule has 6 heteroatoms. The van der Waals surface area contributed by atoms with Gasteiger partial charge in [-0.3, -0.25) is 0 Å². The summed E-state index contributed by atoms with van der Waals surface area (Å²) in [6.45, 7) is 4.71. The topological polar surface area (TPSA) is 59.6 Å². The van der Waals surface area contributed by atoms with Gasteiger partial charge in [0.2, 0.25) is 0 Å². The summed E-state index contributed by atoms with van der Waals surface area (Å²) in [6.07, 6.45) is 0. The quantitative estimate of drug-likeness (QED) is 0.705. The Morgan fingerprint density at radius 1 is 1.15 bits per heavy atom. The van der Waals surface area contributed by atoms with E-state index >= 15 is 0 Å². The van der Waals surface area contributed by atoms with E-state index in [1.165, 1.54) is 5.56 Å². The Bertz CT molecular complexity index is 1010. The lowest BCUT2D eigenvalue weighted by Gasteiger charge is -2.22. The summed E-state index contributed by atoms with van der Waals surface area (Å²) in [5, 5.41) is 16.0. The molecule has 5 nitrogen and oxygen atoms in total. The summed E-state index contributed by atoms with van der Waals surface area (Å²) in [5.41, 5.74) is 4.26. The number of fused-ring (bicyclic) bond motifs is 1. The standard InChI is InChI=1S/C21H21N3O2S/c1-13-19-20(16-9-10-18(26-3)17(25)11-16)27-14(2)22-21(19)24(23-13)12-15-7-5-4-6-8-15/h4-11,20,25H,12H2,1-3H3/t20-/m1/s1. The van der Waals surface area contributed by atoms with Gasteiger partial charge in [-0.1, -0.05) is 48.2 Å². The van der Waals surface area contributed by atoms with E-state index in [0.717, 1.165) is 27.7 Å². The van der Waals surface area contributed by atoms with Crippen LogP contribution < -0.4 is 4.74 Å². The molecule has 3 aromatic rings.